The summed E-state index contributed by atoms with van der Waals surface area (Å²) in [6.07, 6.45) is 0. The van der Waals surface area contributed by atoms with Gasteiger partial charge in [-0.15, -0.1) is 12.4 Å². The molecule has 1 aromatic heterocycles. The van der Waals surface area contributed by atoms with Gasteiger partial charge in [0.05, 0.1) is 18.3 Å². The fraction of sp³-hybridized carbons (Fsp3) is 0.455. The third kappa shape index (κ3) is 5.01. The SMILES string of the molecule is CC(N)C(=O)NCc1cccc(N(C)C)n1.Cl. The molecule has 0 radical (unpaired) electrons. The average molecular weight is 259 g/mol. The van der Waals surface area contributed by atoms with E-state index < -0.39 is 6.04 Å². The second kappa shape index (κ2) is 7.09. The number of carbonyl (C=O) groups excluding carboxylic acids is 1. The van der Waals surface area contributed by atoms with Crippen LogP contribution in [-0.4, -0.2) is 31.0 Å². The van der Waals surface area contributed by atoms with Gasteiger partial charge in [-0.1, -0.05) is 6.07 Å². The van der Waals surface area contributed by atoms with Crippen molar-refractivity contribution < 1.29 is 4.79 Å². The Kier molecular flexibility index (Phi) is 6.53. The van der Waals surface area contributed by atoms with Gasteiger partial charge in [0.25, 0.3) is 0 Å². The maximum atomic E-state index is 11.3. The number of hydrogen-bond acceptors (Lipinski definition) is 4. The molecule has 1 amide bonds. The lowest BCUT2D eigenvalue weighted by atomic mass is 10.3. The Labute approximate surface area is 108 Å². The van der Waals surface area contributed by atoms with Crippen molar-refractivity contribution in [2.75, 3.05) is 19.0 Å². The van der Waals surface area contributed by atoms with Crippen LogP contribution in [0.3, 0.4) is 0 Å². The largest absolute Gasteiger partial charge is 0.363 e. The van der Waals surface area contributed by atoms with Crippen molar-refractivity contribution in [2.45, 2.75) is 19.5 Å². The van der Waals surface area contributed by atoms with Gasteiger partial charge in [-0.05, 0) is 19.1 Å². The van der Waals surface area contributed by atoms with Crippen molar-refractivity contribution in [3.05, 3.63) is 23.9 Å². The van der Waals surface area contributed by atoms with Crippen LogP contribution < -0.4 is 16.0 Å². The molecule has 1 unspecified atom stereocenters. The van der Waals surface area contributed by atoms with Gasteiger partial charge in [-0.25, -0.2) is 4.98 Å². The highest BCUT2D eigenvalue weighted by Gasteiger charge is 2.07. The predicted octanol–water partition coefficient (Wildman–Crippen LogP) is 0.533. The Morgan fingerprint density at radius 1 is 1.53 bits per heavy atom. The van der Waals surface area contributed by atoms with Gasteiger partial charge in [0.1, 0.15) is 5.82 Å². The van der Waals surface area contributed by atoms with E-state index >= 15 is 0 Å². The normalized spacial score (nSPS) is 11.3. The first-order valence-electron chi connectivity index (χ1n) is 5.17. The van der Waals surface area contributed by atoms with E-state index in [1.54, 1.807) is 6.92 Å². The molecule has 96 valence electrons. The molecule has 0 saturated heterocycles. The fourth-order valence-electron chi connectivity index (χ4n) is 1.15. The van der Waals surface area contributed by atoms with Crippen LogP contribution >= 0.6 is 12.4 Å². The van der Waals surface area contributed by atoms with Crippen molar-refractivity contribution in [1.82, 2.24) is 10.3 Å². The van der Waals surface area contributed by atoms with E-state index in [1.165, 1.54) is 0 Å². The Morgan fingerprint density at radius 3 is 2.71 bits per heavy atom. The van der Waals surface area contributed by atoms with E-state index in [0.29, 0.717) is 6.54 Å². The van der Waals surface area contributed by atoms with Gasteiger partial charge in [0.2, 0.25) is 5.91 Å². The molecule has 0 aliphatic rings. The summed E-state index contributed by atoms with van der Waals surface area (Å²) >= 11 is 0. The summed E-state index contributed by atoms with van der Waals surface area (Å²) < 4.78 is 0. The molecule has 0 bridgehead atoms. The molecule has 0 saturated carbocycles. The summed E-state index contributed by atoms with van der Waals surface area (Å²) in [6.45, 7) is 2.06. The molecule has 0 aliphatic carbocycles. The van der Waals surface area contributed by atoms with E-state index in [1.807, 2.05) is 37.2 Å². The Bertz CT molecular complexity index is 368. The molecule has 0 fully saturated rings. The Hall–Kier alpha value is -1.33. The average Bonchev–Trinajstić information content (AvgIpc) is 2.26. The van der Waals surface area contributed by atoms with Crippen molar-refractivity contribution in [3.8, 4) is 0 Å². The Morgan fingerprint density at radius 2 is 2.18 bits per heavy atom. The predicted molar refractivity (Wildman–Crippen MR) is 71.3 cm³/mol. The summed E-state index contributed by atoms with van der Waals surface area (Å²) in [5, 5.41) is 2.72. The topological polar surface area (TPSA) is 71.2 Å². The molecule has 3 N–H and O–H groups in total. The highest BCUT2D eigenvalue weighted by atomic mass is 35.5. The van der Waals surface area contributed by atoms with Crippen LogP contribution in [0.25, 0.3) is 0 Å². The maximum Gasteiger partial charge on any atom is 0.236 e. The molecule has 17 heavy (non-hydrogen) atoms. The first kappa shape index (κ1) is 15.7. The standard InChI is InChI=1S/C11H18N4O.ClH/c1-8(12)11(16)13-7-9-5-4-6-10(14-9)15(2)3;/h4-6,8H,7,12H2,1-3H3,(H,13,16);1H. The van der Waals surface area contributed by atoms with Crippen LogP contribution in [-0.2, 0) is 11.3 Å². The Balaban J connectivity index is 0.00000256. The van der Waals surface area contributed by atoms with E-state index in [0.717, 1.165) is 11.5 Å². The van der Waals surface area contributed by atoms with Crippen LogP contribution in [0.15, 0.2) is 18.2 Å². The third-order valence-corrected chi connectivity index (χ3v) is 2.11. The monoisotopic (exact) mass is 258 g/mol. The molecule has 5 nitrogen and oxygen atoms in total. The molecular weight excluding hydrogens is 240 g/mol. The number of rotatable bonds is 4. The summed E-state index contributed by atoms with van der Waals surface area (Å²) in [7, 11) is 3.85. The van der Waals surface area contributed by atoms with Gasteiger partial charge in [-0.2, -0.15) is 0 Å². The van der Waals surface area contributed by atoms with Crippen molar-refractivity contribution in [3.63, 3.8) is 0 Å². The highest BCUT2D eigenvalue weighted by Crippen LogP contribution is 2.07. The number of aromatic nitrogens is 1. The highest BCUT2D eigenvalue weighted by molar-refractivity contribution is 5.85. The zero-order valence-corrected chi connectivity index (χ0v) is 11.1. The van der Waals surface area contributed by atoms with E-state index in [-0.39, 0.29) is 18.3 Å². The van der Waals surface area contributed by atoms with Crippen LogP contribution in [0.1, 0.15) is 12.6 Å². The van der Waals surface area contributed by atoms with Gasteiger partial charge in [0, 0.05) is 14.1 Å². The third-order valence-electron chi connectivity index (χ3n) is 2.11. The summed E-state index contributed by atoms with van der Waals surface area (Å²) in [5.74, 6) is 0.699. The number of nitrogens with one attached hydrogen (secondary N) is 1. The minimum Gasteiger partial charge on any atom is -0.363 e. The molecule has 1 aromatic rings. The molecule has 1 rings (SSSR count). The van der Waals surface area contributed by atoms with Gasteiger partial charge >= 0.3 is 0 Å². The van der Waals surface area contributed by atoms with E-state index in [4.69, 9.17) is 5.73 Å². The summed E-state index contributed by atoms with van der Waals surface area (Å²) in [6, 6.07) is 5.21. The number of nitrogens with two attached hydrogens (primary N) is 1. The molecular formula is C11H19ClN4O. The number of amides is 1. The number of nitrogens with zero attached hydrogens (tertiary/aromatic N) is 2. The second-order valence-electron chi connectivity index (χ2n) is 3.89. The first-order chi connectivity index (χ1) is 7.50. The van der Waals surface area contributed by atoms with Crippen LogP contribution in [0.5, 0.6) is 0 Å². The molecule has 0 aliphatic heterocycles. The fourth-order valence-corrected chi connectivity index (χ4v) is 1.15. The van der Waals surface area contributed by atoms with Crippen molar-refractivity contribution >= 4 is 24.1 Å². The lowest BCUT2D eigenvalue weighted by Gasteiger charge is -2.13. The van der Waals surface area contributed by atoms with Gasteiger partial charge < -0.3 is 16.0 Å². The molecule has 0 aromatic carbocycles. The zero-order chi connectivity index (χ0) is 12.1. The van der Waals surface area contributed by atoms with Gasteiger partial charge in [0.15, 0.2) is 0 Å². The number of pyridine rings is 1. The van der Waals surface area contributed by atoms with Crippen molar-refractivity contribution in [2.24, 2.45) is 5.73 Å². The lowest BCUT2D eigenvalue weighted by Crippen LogP contribution is -2.38. The minimum absolute atomic E-state index is 0. The summed E-state index contributed by atoms with van der Waals surface area (Å²) in [5.41, 5.74) is 6.26. The molecule has 1 atom stereocenters. The second-order valence-corrected chi connectivity index (χ2v) is 3.89. The van der Waals surface area contributed by atoms with Crippen LogP contribution in [0, 0.1) is 0 Å². The van der Waals surface area contributed by atoms with E-state index in [9.17, 15) is 4.79 Å². The molecule has 1 heterocycles. The number of carbonyl (C=O) groups is 1. The first-order valence-corrected chi connectivity index (χ1v) is 5.17. The molecule has 0 spiro atoms. The maximum absolute atomic E-state index is 11.3. The number of halogens is 1. The van der Waals surface area contributed by atoms with Gasteiger partial charge in [-0.3, -0.25) is 4.79 Å². The minimum atomic E-state index is -0.489. The zero-order valence-electron chi connectivity index (χ0n) is 10.3. The quantitative estimate of drug-likeness (QED) is 0.827. The van der Waals surface area contributed by atoms with Crippen molar-refractivity contribution in [1.29, 1.82) is 0 Å². The van der Waals surface area contributed by atoms with Crippen LogP contribution in [0.4, 0.5) is 5.82 Å². The van der Waals surface area contributed by atoms with E-state index in [2.05, 4.69) is 10.3 Å². The lowest BCUT2D eigenvalue weighted by molar-refractivity contribution is -0.122. The summed E-state index contributed by atoms with van der Waals surface area (Å²) in [4.78, 5) is 17.5. The van der Waals surface area contributed by atoms with Crippen LogP contribution in [0.2, 0.25) is 0 Å². The number of hydrogen-bond donors (Lipinski definition) is 2. The smallest absolute Gasteiger partial charge is 0.236 e. The number of anilines is 1. The molecule has 6 heteroatoms.